The number of anilines is 1. The number of nitrogens with one attached hydrogen (secondary N) is 1. The maximum Gasteiger partial charge on any atom is 0.416 e. The van der Waals surface area contributed by atoms with Crippen molar-refractivity contribution in [1.29, 1.82) is 0 Å². The zero-order chi connectivity index (χ0) is 18.6. The average molecular weight is 365 g/mol. The predicted molar refractivity (Wildman–Crippen MR) is 91.2 cm³/mol. The summed E-state index contributed by atoms with van der Waals surface area (Å²) < 4.78 is 43.6. The molecule has 0 atom stereocenters. The minimum absolute atomic E-state index is 0.173. The number of hydrogen-bond acceptors (Lipinski definition) is 4. The summed E-state index contributed by atoms with van der Waals surface area (Å²) >= 11 is 0. The summed E-state index contributed by atoms with van der Waals surface area (Å²) in [5.41, 5.74) is 0.702. The van der Waals surface area contributed by atoms with E-state index in [1.807, 2.05) is 18.5 Å². The fourth-order valence-electron chi connectivity index (χ4n) is 3.48. The first-order valence-electron chi connectivity index (χ1n) is 8.50. The highest BCUT2D eigenvalue weighted by Gasteiger charge is 2.34. The van der Waals surface area contributed by atoms with Crippen LogP contribution in [0, 0.1) is 13.8 Å². The number of rotatable bonds is 1. The van der Waals surface area contributed by atoms with Gasteiger partial charge in [0.15, 0.2) is 0 Å². The van der Waals surface area contributed by atoms with Crippen molar-refractivity contribution >= 4 is 22.5 Å². The highest BCUT2D eigenvalue weighted by atomic mass is 19.4. The van der Waals surface area contributed by atoms with Gasteiger partial charge in [-0.2, -0.15) is 18.2 Å². The minimum Gasteiger partial charge on any atom is -0.324 e. The zero-order valence-corrected chi connectivity index (χ0v) is 14.9. The van der Waals surface area contributed by atoms with E-state index in [1.165, 1.54) is 19.1 Å². The molecule has 1 aliphatic heterocycles. The van der Waals surface area contributed by atoms with E-state index in [4.69, 9.17) is 0 Å². The quantitative estimate of drug-likeness (QED) is 0.668. The van der Waals surface area contributed by atoms with Gasteiger partial charge in [-0.05, 0) is 29.1 Å². The lowest BCUT2D eigenvalue weighted by Crippen LogP contribution is -2.44. The Morgan fingerprint density at radius 1 is 1.15 bits per heavy atom. The fourth-order valence-corrected chi connectivity index (χ4v) is 3.48. The molecule has 0 spiro atoms. The van der Waals surface area contributed by atoms with Crippen LogP contribution in [0.1, 0.15) is 17.0 Å². The lowest BCUT2D eigenvalue weighted by molar-refractivity contribution is -0.651. The average Bonchev–Trinajstić information content (AvgIpc) is 2.89. The van der Waals surface area contributed by atoms with Gasteiger partial charge in [0.2, 0.25) is 0 Å². The van der Waals surface area contributed by atoms with E-state index < -0.39 is 11.7 Å². The molecule has 26 heavy (non-hydrogen) atoms. The molecule has 9 heteroatoms. The second kappa shape index (κ2) is 5.80. The highest BCUT2D eigenvalue weighted by molar-refractivity contribution is 5.92. The minimum atomic E-state index is -4.40. The Hall–Kier alpha value is -2.42. The van der Waals surface area contributed by atoms with E-state index in [-0.39, 0.29) is 5.56 Å². The molecule has 0 amide bonds. The Morgan fingerprint density at radius 3 is 2.50 bits per heavy atom. The Kier molecular flexibility index (Phi) is 3.80. The van der Waals surface area contributed by atoms with Gasteiger partial charge in [0.1, 0.15) is 0 Å². The number of fused-ring (bicyclic) bond motifs is 3. The summed E-state index contributed by atoms with van der Waals surface area (Å²) in [4.78, 5) is 6.80. The third-order valence-electron chi connectivity index (χ3n) is 4.95. The molecular formula is C17H20F3N6+. The standard InChI is InChI=1S/C17H20F3N6/c1-10-8-14-12(9-13(10)17(18,19)20)15-24(3)11(2)23-26(15)16(22-14)25-6-4-21-5-7-25/h8-9,21H,4-7H2,1-3H3/q+1. The van der Waals surface area contributed by atoms with E-state index in [0.29, 0.717) is 28.3 Å². The smallest absolute Gasteiger partial charge is 0.324 e. The lowest BCUT2D eigenvalue weighted by atomic mass is 10.0. The summed E-state index contributed by atoms with van der Waals surface area (Å²) in [6.07, 6.45) is -4.40. The first kappa shape index (κ1) is 17.0. The number of halogens is 3. The summed E-state index contributed by atoms with van der Waals surface area (Å²) in [6, 6.07) is 2.71. The summed E-state index contributed by atoms with van der Waals surface area (Å²) in [6.45, 7) is 6.52. The first-order chi connectivity index (χ1) is 12.3. The lowest BCUT2D eigenvalue weighted by Gasteiger charge is -2.26. The van der Waals surface area contributed by atoms with Crippen LogP contribution in [0.4, 0.5) is 19.1 Å². The summed E-state index contributed by atoms with van der Waals surface area (Å²) in [5.74, 6) is 1.38. The number of piperazine rings is 1. The van der Waals surface area contributed by atoms with Crippen molar-refractivity contribution in [2.45, 2.75) is 20.0 Å². The van der Waals surface area contributed by atoms with Crippen LogP contribution >= 0.6 is 0 Å². The molecule has 0 saturated carbocycles. The van der Waals surface area contributed by atoms with Crippen molar-refractivity contribution in [3.05, 3.63) is 29.1 Å². The van der Waals surface area contributed by atoms with Gasteiger partial charge >= 0.3 is 12.1 Å². The van der Waals surface area contributed by atoms with Crippen LogP contribution in [0.2, 0.25) is 0 Å². The molecule has 1 aliphatic rings. The third-order valence-corrected chi connectivity index (χ3v) is 4.95. The molecule has 0 unspecified atom stereocenters. The van der Waals surface area contributed by atoms with Crippen LogP contribution in [0.3, 0.4) is 0 Å². The van der Waals surface area contributed by atoms with Crippen molar-refractivity contribution in [3.63, 3.8) is 0 Å². The molecule has 1 aromatic carbocycles. The molecule has 0 radical (unpaired) electrons. The molecule has 1 saturated heterocycles. The van der Waals surface area contributed by atoms with Gasteiger partial charge in [0, 0.05) is 38.2 Å². The van der Waals surface area contributed by atoms with Crippen LogP contribution in [0.5, 0.6) is 0 Å². The molecule has 138 valence electrons. The van der Waals surface area contributed by atoms with Crippen LogP contribution < -0.4 is 14.8 Å². The van der Waals surface area contributed by atoms with Crippen molar-refractivity contribution in [2.75, 3.05) is 31.1 Å². The van der Waals surface area contributed by atoms with Gasteiger partial charge in [-0.3, -0.25) is 0 Å². The maximum atomic E-state index is 13.4. The van der Waals surface area contributed by atoms with Gasteiger partial charge in [-0.1, -0.05) is 0 Å². The molecule has 6 nitrogen and oxygen atoms in total. The molecule has 1 N–H and O–H groups in total. The topological polar surface area (TPSA) is 49.3 Å². The Balaban J connectivity index is 2.07. The number of nitrogens with zero attached hydrogens (tertiary/aromatic N) is 5. The van der Waals surface area contributed by atoms with Crippen LogP contribution in [-0.2, 0) is 13.2 Å². The second-order valence-corrected chi connectivity index (χ2v) is 6.67. The molecular weight excluding hydrogens is 345 g/mol. The van der Waals surface area contributed by atoms with Crippen molar-refractivity contribution in [1.82, 2.24) is 19.9 Å². The van der Waals surface area contributed by atoms with Crippen molar-refractivity contribution in [2.24, 2.45) is 7.05 Å². The van der Waals surface area contributed by atoms with E-state index >= 15 is 0 Å². The molecule has 0 aliphatic carbocycles. The predicted octanol–water partition coefficient (Wildman–Crippen LogP) is 1.75. The fraction of sp³-hybridized carbons (Fsp3) is 0.471. The Labute approximate surface area is 148 Å². The van der Waals surface area contributed by atoms with Gasteiger partial charge in [0.25, 0.3) is 11.5 Å². The van der Waals surface area contributed by atoms with E-state index in [0.717, 1.165) is 26.2 Å². The zero-order valence-electron chi connectivity index (χ0n) is 14.9. The van der Waals surface area contributed by atoms with Gasteiger partial charge < -0.3 is 10.2 Å². The van der Waals surface area contributed by atoms with Crippen LogP contribution in [-0.4, -0.2) is 40.8 Å². The number of benzene rings is 1. The number of hydrogen-bond donors (Lipinski definition) is 1. The van der Waals surface area contributed by atoms with Gasteiger partial charge in [-0.25, -0.2) is 4.57 Å². The van der Waals surface area contributed by atoms with E-state index in [2.05, 4.69) is 20.3 Å². The molecule has 0 bridgehead atoms. The monoisotopic (exact) mass is 365 g/mol. The number of aryl methyl sites for hydroxylation is 3. The highest BCUT2D eigenvalue weighted by Crippen LogP contribution is 2.35. The molecule has 2 aromatic heterocycles. The normalized spacial score (nSPS) is 16.0. The Bertz CT molecular complexity index is 1000. The first-order valence-corrected chi connectivity index (χ1v) is 8.50. The van der Waals surface area contributed by atoms with Crippen molar-refractivity contribution in [3.8, 4) is 0 Å². The molecule has 4 rings (SSSR count). The number of aromatic nitrogens is 4. The Morgan fingerprint density at radius 2 is 1.85 bits per heavy atom. The summed E-state index contributed by atoms with van der Waals surface area (Å²) in [7, 11) is 1.81. The van der Waals surface area contributed by atoms with E-state index in [1.54, 1.807) is 4.52 Å². The maximum absolute atomic E-state index is 13.4. The van der Waals surface area contributed by atoms with Crippen molar-refractivity contribution < 1.29 is 17.7 Å². The third kappa shape index (κ3) is 2.57. The SMILES string of the molecule is Cc1cc2nc(N3CCNCC3)n3nc(C)[n+](C)c3c2cc1C(F)(F)F. The van der Waals surface area contributed by atoms with Gasteiger partial charge in [0.05, 0.1) is 23.5 Å². The van der Waals surface area contributed by atoms with E-state index in [9.17, 15) is 13.2 Å². The molecule has 3 aromatic rings. The number of alkyl halides is 3. The van der Waals surface area contributed by atoms with Crippen LogP contribution in [0.15, 0.2) is 12.1 Å². The largest absolute Gasteiger partial charge is 0.416 e. The second-order valence-electron chi connectivity index (χ2n) is 6.67. The van der Waals surface area contributed by atoms with Gasteiger partial charge in [-0.15, -0.1) is 0 Å². The molecule has 3 heterocycles. The summed E-state index contributed by atoms with van der Waals surface area (Å²) in [5, 5.41) is 8.27. The molecule has 1 fully saturated rings. The van der Waals surface area contributed by atoms with Crippen LogP contribution in [0.25, 0.3) is 16.6 Å².